The normalized spacial score (nSPS) is 30.8. The van der Waals surface area contributed by atoms with Crippen molar-refractivity contribution in [2.24, 2.45) is 5.73 Å². The summed E-state index contributed by atoms with van der Waals surface area (Å²) in [5, 5.41) is 0. The third kappa shape index (κ3) is 6.13. The summed E-state index contributed by atoms with van der Waals surface area (Å²) >= 11 is 0. The number of hydrogen-bond acceptors (Lipinski definition) is 6. The second kappa shape index (κ2) is 6.45. The van der Waals surface area contributed by atoms with Gasteiger partial charge in [-0.25, -0.2) is 0 Å². The van der Waals surface area contributed by atoms with Gasteiger partial charge in [0.2, 0.25) is 0 Å². The summed E-state index contributed by atoms with van der Waals surface area (Å²) in [4.78, 5) is 21.8. The molecule has 2 atom stereocenters. The lowest BCUT2D eigenvalue weighted by Gasteiger charge is -2.14. The van der Waals surface area contributed by atoms with E-state index in [4.69, 9.17) is 10.5 Å². The molecule has 1 aliphatic carbocycles. The summed E-state index contributed by atoms with van der Waals surface area (Å²) in [6.07, 6.45) is 3.42. The van der Waals surface area contributed by atoms with Crippen LogP contribution in [-0.2, 0) is 19.1 Å². The second-order valence-electron chi connectivity index (χ2n) is 5.90. The van der Waals surface area contributed by atoms with Crippen molar-refractivity contribution in [3.8, 4) is 0 Å². The molecule has 2 aliphatic heterocycles. The highest BCUT2D eigenvalue weighted by molar-refractivity contribution is 5.67. The van der Waals surface area contributed by atoms with Crippen LogP contribution >= 0.6 is 0 Å². The highest BCUT2D eigenvalue weighted by Crippen LogP contribution is 2.35. The average molecular weight is 272 g/mol. The van der Waals surface area contributed by atoms with Gasteiger partial charge in [-0.15, -0.1) is 0 Å². The summed E-state index contributed by atoms with van der Waals surface area (Å²) in [5.74, 6) is 0. The first kappa shape index (κ1) is 16.1. The minimum absolute atomic E-state index is 0.318. The van der Waals surface area contributed by atoms with Crippen LogP contribution in [0.5, 0.6) is 0 Å². The van der Waals surface area contributed by atoms with E-state index in [1.54, 1.807) is 0 Å². The average Bonchev–Trinajstić information content (AvgIpc) is 3.21. The van der Waals surface area contributed by atoms with E-state index < -0.39 is 5.72 Å². The SMILES string of the molecule is CC(C)(C)OC=O.NC1CC1.O=CC12CN1CCO2. The van der Waals surface area contributed by atoms with E-state index in [2.05, 4.69) is 4.74 Å². The Hall–Kier alpha value is -0.980. The smallest absolute Gasteiger partial charge is 0.293 e. The van der Waals surface area contributed by atoms with Crippen molar-refractivity contribution < 1.29 is 19.1 Å². The molecule has 0 spiro atoms. The minimum atomic E-state index is -0.444. The minimum Gasteiger partial charge on any atom is -0.462 e. The van der Waals surface area contributed by atoms with Crippen LogP contribution in [0.25, 0.3) is 0 Å². The van der Waals surface area contributed by atoms with E-state index in [1.165, 1.54) is 12.8 Å². The van der Waals surface area contributed by atoms with Gasteiger partial charge in [-0.3, -0.25) is 14.5 Å². The molecule has 0 aromatic rings. The van der Waals surface area contributed by atoms with Crippen LogP contribution in [0, 0.1) is 0 Å². The molecule has 0 radical (unpaired) electrons. The number of ether oxygens (including phenoxy) is 2. The summed E-state index contributed by atoms with van der Waals surface area (Å²) in [6, 6.07) is 0.583. The van der Waals surface area contributed by atoms with Gasteiger partial charge >= 0.3 is 0 Å². The molecule has 3 rings (SSSR count). The predicted molar refractivity (Wildman–Crippen MR) is 70.4 cm³/mol. The number of nitrogens with zero attached hydrogens (tertiary/aromatic N) is 1. The van der Waals surface area contributed by atoms with Gasteiger partial charge in [0.25, 0.3) is 6.47 Å². The summed E-state index contributed by atoms with van der Waals surface area (Å²) in [6.45, 7) is 8.39. The Bertz CT molecular complexity index is 312. The fourth-order valence-electron chi connectivity index (χ4n) is 1.36. The Morgan fingerprint density at radius 3 is 2.05 bits per heavy atom. The number of nitrogens with two attached hydrogens (primary N) is 1. The van der Waals surface area contributed by atoms with Crippen molar-refractivity contribution in [3.63, 3.8) is 0 Å². The Morgan fingerprint density at radius 1 is 1.37 bits per heavy atom. The number of morpholine rings is 1. The van der Waals surface area contributed by atoms with Crippen molar-refractivity contribution in [1.29, 1.82) is 0 Å². The molecule has 2 heterocycles. The topological polar surface area (TPSA) is 81.6 Å². The van der Waals surface area contributed by atoms with Gasteiger partial charge in [0.05, 0.1) is 13.2 Å². The third-order valence-electron chi connectivity index (χ3n) is 2.77. The van der Waals surface area contributed by atoms with E-state index in [-0.39, 0.29) is 5.60 Å². The maximum atomic E-state index is 10.2. The summed E-state index contributed by atoms with van der Waals surface area (Å²) < 4.78 is 9.67. The van der Waals surface area contributed by atoms with E-state index >= 15 is 0 Å². The molecule has 2 unspecified atom stereocenters. The zero-order valence-corrected chi connectivity index (χ0v) is 11.9. The lowest BCUT2D eigenvalue weighted by atomic mass is 10.2. The molecular formula is C13H24N2O4. The van der Waals surface area contributed by atoms with Gasteiger partial charge < -0.3 is 15.2 Å². The zero-order valence-electron chi connectivity index (χ0n) is 11.9. The van der Waals surface area contributed by atoms with E-state index in [1.807, 2.05) is 25.7 Å². The molecule has 0 bridgehead atoms. The van der Waals surface area contributed by atoms with Crippen LogP contribution < -0.4 is 5.73 Å². The molecule has 2 saturated heterocycles. The number of hydrogen-bond donors (Lipinski definition) is 1. The monoisotopic (exact) mass is 272 g/mol. The van der Waals surface area contributed by atoms with Crippen LogP contribution in [-0.4, -0.2) is 54.7 Å². The molecule has 0 aromatic heterocycles. The fraction of sp³-hybridized carbons (Fsp3) is 0.846. The fourth-order valence-corrected chi connectivity index (χ4v) is 1.36. The lowest BCUT2D eigenvalue weighted by molar-refractivity contribution is -0.138. The highest BCUT2D eigenvalue weighted by atomic mass is 16.6. The van der Waals surface area contributed by atoms with Gasteiger partial charge in [-0.2, -0.15) is 0 Å². The number of carbonyl (C=O) groups excluding carboxylic acids is 2. The molecule has 3 aliphatic rings. The lowest BCUT2D eigenvalue weighted by Crippen LogP contribution is -2.17. The Kier molecular flexibility index (Phi) is 5.46. The first-order chi connectivity index (χ1) is 8.83. The van der Waals surface area contributed by atoms with Crippen molar-refractivity contribution in [2.45, 2.75) is 51.0 Å². The van der Waals surface area contributed by atoms with Crippen LogP contribution in [0.3, 0.4) is 0 Å². The molecule has 0 amide bonds. The second-order valence-corrected chi connectivity index (χ2v) is 5.90. The van der Waals surface area contributed by atoms with Crippen molar-refractivity contribution in [1.82, 2.24) is 4.90 Å². The molecule has 0 aromatic carbocycles. The molecule has 2 N–H and O–H groups in total. The molecule has 3 fully saturated rings. The third-order valence-corrected chi connectivity index (χ3v) is 2.77. The predicted octanol–water partition coefficient (Wildman–Crippen LogP) is 0.293. The van der Waals surface area contributed by atoms with Crippen LogP contribution in [0.1, 0.15) is 33.6 Å². The van der Waals surface area contributed by atoms with Crippen molar-refractivity contribution in [2.75, 3.05) is 19.7 Å². The molecule has 1 saturated carbocycles. The van der Waals surface area contributed by atoms with E-state index in [0.717, 1.165) is 26.0 Å². The summed E-state index contributed by atoms with van der Waals surface area (Å²) in [5.41, 5.74) is 4.46. The first-order valence-corrected chi connectivity index (χ1v) is 6.55. The quantitative estimate of drug-likeness (QED) is 0.575. The van der Waals surface area contributed by atoms with Crippen LogP contribution in [0.4, 0.5) is 0 Å². The number of rotatable bonds is 2. The Balaban J connectivity index is 0.000000151. The molecule has 6 nitrogen and oxygen atoms in total. The number of aldehydes is 1. The molecule has 19 heavy (non-hydrogen) atoms. The van der Waals surface area contributed by atoms with Gasteiger partial charge in [0.1, 0.15) is 5.60 Å². The van der Waals surface area contributed by atoms with Gasteiger partial charge in [0, 0.05) is 12.6 Å². The first-order valence-electron chi connectivity index (χ1n) is 6.55. The van der Waals surface area contributed by atoms with Crippen LogP contribution in [0.15, 0.2) is 0 Å². The molecule has 6 heteroatoms. The Labute approximate surface area is 114 Å². The maximum absolute atomic E-state index is 10.2. The van der Waals surface area contributed by atoms with Crippen molar-refractivity contribution >= 4 is 12.8 Å². The number of carbonyl (C=O) groups is 2. The largest absolute Gasteiger partial charge is 0.462 e. The van der Waals surface area contributed by atoms with Gasteiger partial charge in [-0.1, -0.05) is 0 Å². The van der Waals surface area contributed by atoms with Gasteiger partial charge in [0.15, 0.2) is 12.0 Å². The van der Waals surface area contributed by atoms with Gasteiger partial charge in [-0.05, 0) is 33.6 Å². The zero-order chi connectivity index (χ0) is 14.5. The maximum Gasteiger partial charge on any atom is 0.293 e. The summed E-state index contributed by atoms with van der Waals surface area (Å²) in [7, 11) is 0. The van der Waals surface area contributed by atoms with E-state index in [9.17, 15) is 9.59 Å². The number of fused-ring (bicyclic) bond motifs is 1. The Morgan fingerprint density at radius 2 is 1.95 bits per heavy atom. The molecular weight excluding hydrogens is 248 g/mol. The highest BCUT2D eigenvalue weighted by Gasteiger charge is 2.57. The van der Waals surface area contributed by atoms with Crippen LogP contribution in [0.2, 0.25) is 0 Å². The molecule has 110 valence electrons. The van der Waals surface area contributed by atoms with E-state index in [0.29, 0.717) is 12.5 Å². The standard InChI is InChI=1S/C5H7NO2.C5H10O2.C3H7N/c7-4-5-3-6(5)1-2-8-5;1-5(2,3)7-4-6;4-3-1-2-3/h4H,1-3H2;4H,1-3H3;3H,1-2,4H2. The van der Waals surface area contributed by atoms with Crippen molar-refractivity contribution in [3.05, 3.63) is 0 Å².